The molecule has 4 nitrogen and oxygen atoms in total. The molecule has 0 aromatic carbocycles. The van der Waals surface area contributed by atoms with Crippen molar-refractivity contribution in [2.75, 3.05) is 10.8 Å². The number of thiol groups is 1. The molecular weight excluding hydrogens is 304 g/mol. The third-order valence-corrected chi connectivity index (χ3v) is 5.78. The molecule has 1 aliphatic heterocycles. The number of rotatable bonds is 2. The monoisotopic (exact) mass is 328 g/mol. The molecule has 2 aliphatic rings. The number of aryl methyl sites for hydroxylation is 1. The molecule has 3 atom stereocenters. The van der Waals surface area contributed by atoms with E-state index in [0.29, 0.717) is 11.8 Å². The van der Waals surface area contributed by atoms with Crippen molar-refractivity contribution in [2.24, 2.45) is 13.0 Å². The van der Waals surface area contributed by atoms with E-state index in [0.717, 1.165) is 18.3 Å². The van der Waals surface area contributed by atoms with Crippen LogP contribution in [0, 0.1) is 5.92 Å². The van der Waals surface area contributed by atoms with Crippen LogP contribution in [0.3, 0.4) is 0 Å². The highest BCUT2D eigenvalue weighted by Crippen LogP contribution is 2.43. The van der Waals surface area contributed by atoms with Gasteiger partial charge in [0.25, 0.3) is 0 Å². The van der Waals surface area contributed by atoms with Gasteiger partial charge >= 0.3 is 0 Å². The van der Waals surface area contributed by atoms with Crippen molar-refractivity contribution in [1.29, 1.82) is 0 Å². The minimum Gasteiger partial charge on any atom is -0.302 e. The standard InChI is InChI=1S/C18H24N4S/c1-12-4-3-5-13(6-12)14-7-16-17(15-9-20-21(2)10-15)11-22(23)18(16)19-8-14/h7-10,12-13,17,23H,3-6,11H2,1-2H3. The first-order valence-corrected chi connectivity index (χ1v) is 8.96. The number of aromatic nitrogens is 3. The van der Waals surface area contributed by atoms with Crippen LogP contribution >= 0.6 is 12.8 Å². The van der Waals surface area contributed by atoms with E-state index in [4.69, 9.17) is 4.98 Å². The van der Waals surface area contributed by atoms with Gasteiger partial charge in [-0.3, -0.25) is 4.68 Å². The number of anilines is 1. The first-order valence-electron chi connectivity index (χ1n) is 8.56. The van der Waals surface area contributed by atoms with E-state index in [1.54, 1.807) is 0 Å². The molecule has 23 heavy (non-hydrogen) atoms. The summed E-state index contributed by atoms with van der Waals surface area (Å²) in [4.78, 5) is 4.75. The predicted molar refractivity (Wildman–Crippen MR) is 96.0 cm³/mol. The van der Waals surface area contributed by atoms with Crippen molar-refractivity contribution in [3.05, 3.63) is 41.3 Å². The second kappa shape index (κ2) is 5.86. The summed E-state index contributed by atoms with van der Waals surface area (Å²) < 4.78 is 3.84. The highest BCUT2D eigenvalue weighted by Gasteiger charge is 2.32. The summed E-state index contributed by atoms with van der Waals surface area (Å²) in [6, 6.07) is 2.39. The molecule has 2 aromatic heterocycles. The molecule has 0 N–H and O–H groups in total. The third kappa shape index (κ3) is 2.75. The van der Waals surface area contributed by atoms with Crippen LogP contribution in [0.5, 0.6) is 0 Å². The van der Waals surface area contributed by atoms with E-state index in [2.05, 4.69) is 43.3 Å². The Balaban J connectivity index is 1.69. The van der Waals surface area contributed by atoms with Crippen LogP contribution in [0.25, 0.3) is 0 Å². The average molecular weight is 328 g/mol. The van der Waals surface area contributed by atoms with Gasteiger partial charge in [0.1, 0.15) is 5.82 Å². The fourth-order valence-corrected chi connectivity index (χ4v) is 4.52. The maximum atomic E-state index is 4.75. The van der Waals surface area contributed by atoms with Crippen LogP contribution in [-0.2, 0) is 7.05 Å². The maximum Gasteiger partial charge on any atom is 0.142 e. The topological polar surface area (TPSA) is 34.0 Å². The van der Waals surface area contributed by atoms with Crippen molar-refractivity contribution >= 4 is 18.6 Å². The molecule has 1 saturated carbocycles. The molecule has 1 aliphatic carbocycles. The quantitative estimate of drug-likeness (QED) is 0.849. The summed E-state index contributed by atoms with van der Waals surface area (Å²) in [5, 5.41) is 4.33. The molecular formula is C18H24N4S. The summed E-state index contributed by atoms with van der Waals surface area (Å²) >= 11 is 4.61. The Kier molecular flexibility index (Phi) is 3.84. The molecule has 5 heteroatoms. The van der Waals surface area contributed by atoms with Gasteiger partial charge < -0.3 is 4.31 Å². The first kappa shape index (κ1) is 15.1. The zero-order chi connectivity index (χ0) is 16.0. The SMILES string of the molecule is CC1CCCC(c2cnc3c(c2)C(c2cnn(C)c2)CN3S)C1. The van der Waals surface area contributed by atoms with Crippen molar-refractivity contribution in [3.8, 4) is 0 Å². The van der Waals surface area contributed by atoms with Crippen LogP contribution in [-0.4, -0.2) is 21.3 Å². The van der Waals surface area contributed by atoms with Gasteiger partial charge in [0.2, 0.25) is 0 Å². The average Bonchev–Trinajstić information content (AvgIpc) is 3.11. The maximum absolute atomic E-state index is 4.75. The fraction of sp³-hybridized carbons (Fsp3) is 0.556. The Labute approximate surface area is 143 Å². The molecule has 0 amide bonds. The fourth-order valence-electron chi connectivity index (χ4n) is 4.19. The Bertz CT molecular complexity index is 711. The summed E-state index contributed by atoms with van der Waals surface area (Å²) in [6.45, 7) is 3.24. The van der Waals surface area contributed by atoms with Crippen molar-refractivity contribution < 1.29 is 0 Å². The van der Waals surface area contributed by atoms with Gasteiger partial charge in [0.15, 0.2) is 0 Å². The molecule has 0 saturated heterocycles. The molecule has 2 aromatic rings. The van der Waals surface area contributed by atoms with Crippen LogP contribution in [0.2, 0.25) is 0 Å². The number of hydrogen-bond donors (Lipinski definition) is 1. The summed E-state index contributed by atoms with van der Waals surface area (Å²) in [6.07, 6.45) is 11.5. The molecule has 0 spiro atoms. The molecule has 3 heterocycles. The van der Waals surface area contributed by atoms with E-state index >= 15 is 0 Å². The lowest BCUT2D eigenvalue weighted by Crippen LogP contribution is -2.12. The highest BCUT2D eigenvalue weighted by molar-refractivity contribution is 7.81. The molecule has 0 bridgehead atoms. The van der Waals surface area contributed by atoms with Gasteiger partial charge in [0, 0.05) is 37.5 Å². The lowest BCUT2D eigenvalue weighted by molar-refractivity contribution is 0.343. The van der Waals surface area contributed by atoms with Gasteiger partial charge in [-0.15, -0.1) is 0 Å². The van der Waals surface area contributed by atoms with Crippen LogP contribution in [0.15, 0.2) is 24.7 Å². The second-order valence-electron chi connectivity index (χ2n) is 7.23. The molecule has 122 valence electrons. The van der Waals surface area contributed by atoms with Gasteiger partial charge in [-0.1, -0.05) is 32.6 Å². The number of nitrogens with zero attached hydrogens (tertiary/aromatic N) is 4. The van der Waals surface area contributed by atoms with E-state index < -0.39 is 0 Å². The van der Waals surface area contributed by atoms with Crippen molar-refractivity contribution in [1.82, 2.24) is 14.8 Å². The van der Waals surface area contributed by atoms with E-state index in [1.165, 1.54) is 42.4 Å². The lowest BCUT2D eigenvalue weighted by Gasteiger charge is -2.27. The predicted octanol–water partition coefficient (Wildman–Crippen LogP) is 3.91. The van der Waals surface area contributed by atoms with Gasteiger partial charge in [-0.05, 0) is 41.9 Å². The zero-order valence-corrected chi connectivity index (χ0v) is 14.7. The molecule has 4 rings (SSSR count). The number of fused-ring (bicyclic) bond motifs is 1. The zero-order valence-electron chi connectivity index (χ0n) is 13.8. The van der Waals surface area contributed by atoms with Crippen LogP contribution in [0.4, 0.5) is 5.82 Å². The van der Waals surface area contributed by atoms with Gasteiger partial charge in [0.05, 0.1) is 6.20 Å². The Hall–Kier alpha value is -1.49. The summed E-state index contributed by atoms with van der Waals surface area (Å²) in [7, 11) is 1.97. The first-order chi connectivity index (χ1) is 11.1. The number of hydrogen-bond acceptors (Lipinski definition) is 4. The summed E-state index contributed by atoms with van der Waals surface area (Å²) in [5.74, 6) is 2.83. The third-order valence-electron chi connectivity index (χ3n) is 5.43. The summed E-state index contributed by atoms with van der Waals surface area (Å²) in [5.41, 5.74) is 3.97. The minimum absolute atomic E-state index is 0.324. The largest absolute Gasteiger partial charge is 0.302 e. The Morgan fingerprint density at radius 3 is 2.83 bits per heavy atom. The van der Waals surface area contributed by atoms with E-state index in [1.807, 2.05) is 22.2 Å². The second-order valence-corrected chi connectivity index (χ2v) is 7.72. The minimum atomic E-state index is 0.324. The van der Waals surface area contributed by atoms with Gasteiger partial charge in [-0.2, -0.15) is 5.10 Å². The van der Waals surface area contributed by atoms with Crippen LogP contribution in [0.1, 0.15) is 61.1 Å². The lowest BCUT2D eigenvalue weighted by atomic mass is 9.78. The van der Waals surface area contributed by atoms with Crippen LogP contribution < -0.4 is 4.31 Å². The molecule has 1 fully saturated rings. The Morgan fingerprint density at radius 2 is 2.09 bits per heavy atom. The molecule has 0 radical (unpaired) electrons. The van der Waals surface area contributed by atoms with E-state index in [9.17, 15) is 0 Å². The van der Waals surface area contributed by atoms with E-state index in [-0.39, 0.29) is 0 Å². The van der Waals surface area contributed by atoms with Crippen molar-refractivity contribution in [2.45, 2.75) is 44.4 Å². The Morgan fingerprint density at radius 1 is 1.22 bits per heavy atom. The normalized spacial score (nSPS) is 27.3. The van der Waals surface area contributed by atoms with Gasteiger partial charge in [-0.25, -0.2) is 4.98 Å². The highest BCUT2D eigenvalue weighted by atomic mass is 32.1. The molecule has 3 unspecified atom stereocenters. The number of pyridine rings is 1. The van der Waals surface area contributed by atoms with Crippen molar-refractivity contribution in [3.63, 3.8) is 0 Å². The smallest absolute Gasteiger partial charge is 0.142 e.